The van der Waals surface area contributed by atoms with Crippen molar-refractivity contribution in [2.24, 2.45) is 4.99 Å². The van der Waals surface area contributed by atoms with Gasteiger partial charge in [-0.25, -0.2) is 0 Å². The largest absolute Gasteiger partial charge is 0.454 e. The second kappa shape index (κ2) is 5.74. The lowest BCUT2D eigenvalue weighted by Gasteiger charge is -2.04. The predicted octanol–water partition coefficient (Wildman–Crippen LogP) is 4.16. The minimum absolute atomic E-state index is 0.0926. The van der Waals surface area contributed by atoms with E-state index in [1.807, 2.05) is 60.7 Å². The fourth-order valence-corrected chi connectivity index (χ4v) is 3.20. The summed E-state index contributed by atoms with van der Waals surface area (Å²) in [5, 5.41) is 2.64. The van der Waals surface area contributed by atoms with Crippen LogP contribution in [0.3, 0.4) is 0 Å². The van der Waals surface area contributed by atoms with Gasteiger partial charge in [-0.2, -0.15) is 0 Å². The van der Waals surface area contributed by atoms with E-state index in [2.05, 4.69) is 9.98 Å². The molecule has 0 unspecified atom stereocenters. The number of hydrogen-bond acceptors (Lipinski definition) is 4. The summed E-state index contributed by atoms with van der Waals surface area (Å²) in [6, 6.07) is 19.1. The van der Waals surface area contributed by atoms with Crippen LogP contribution in [0, 0.1) is 0 Å². The average molecular weight is 342 g/mol. The van der Waals surface area contributed by atoms with Gasteiger partial charge in [0.15, 0.2) is 11.5 Å². The first-order valence-electron chi connectivity index (χ1n) is 8.26. The molecule has 26 heavy (non-hydrogen) atoms. The number of aromatic amines is 1. The molecule has 1 aliphatic heterocycles. The van der Waals surface area contributed by atoms with Crippen molar-refractivity contribution in [3.05, 3.63) is 76.6 Å². The molecule has 3 aromatic carbocycles. The molecule has 5 nitrogen and oxygen atoms in total. The Labute approximate surface area is 148 Å². The second-order valence-corrected chi connectivity index (χ2v) is 6.10. The van der Waals surface area contributed by atoms with Crippen molar-refractivity contribution in [3.63, 3.8) is 0 Å². The summed E-state index contributed by atoms with van der Waals surface area (Å²) >= 11 is 0. The summed E-state index contributed by atoms with van der Waals surface area (Å²) in [6.45, 7) is 0.252. The Kier molecular flexibility index (Phi) is 3.25. The normalized spacial score (nSPS) is 13.1. The van der Waals surface area contributed by atoms with Crippen LogP contribution in [0.25, 0.3) is 21.7 Å². The van der Waals surface area contributed by atoms with Crippen molar-refractivity contribution < 1.29 is 9.47 Å². The molecule has 5 rings (SSSR count). The Morgan fingerprint density at radius 1 is 0.885 bits per heavy atom. The lowest BCUT2D eigenvalue weighted by atomic mass is 10.1. The van der Waals surface area contributed by atoms with Gasteiger partial charge in [-0.1, -0.05) is 24.3 Å². The first-order valence-corrected chi connectivity index (χ1v) is 8.26. The zero-order chi connectivity index (χ0) is 17.5. The molecule has 0 saturated carbocycles. The molecule has 0 amide bonds. The fraction of sp³-hybridized carbons (Fsp3) is 0.0476. The van der Waals surface area contributed by atoms with Gasteiger partial charge in [-0.15, -0.1) is 0 Å². The molecule has 126 valence electrons. The third-order valence-electron chi connectivity index (χ3n) is 4.47. The molecule has 0 spiro atoms. The van der Waals surface area contributed by atoms with Crippen molar-refractivity contribution in [1.82, 2.24) is 4.98 Å². The maximum absolute atomic E-state index is 12.3. The SMILES string of the molecule is O=c1[nH]c2cc(N=Cc3ccc4c(c3)OCO4)ccc2c2ccccc12. The number of pyridine rings is 1. The van der Waals surface area contributed by atoms with Gasteiger partial charge in [0.25, 0.3) is 5.56 Å². The molecule has 1 aromatic heterocycles. The molecular formula is C21H14N2O3. The van der Waals surface area contributed by atoms with Gasteiger partial charge in [0.1, 0.15) is 0 Å². The molecule has 0 radical (unpaired) electrons. The van der Waals surface area contributed by atoms with E-state index < -0.39 is 0 Å². The Morgan fingerprint density at radius 3 is 2.65 bits per heavy atom. The number of ether oxygens (including phenoxy) is 2. The highest BCUT2D eigenvalue weighted by Gasteiger charge is 2.12. The van der Waals surface area contributed by atoms with Crippen molar-refractivity contribution >= 4 is 33.6 Å². The van der Waals surface area contributed by atoms with Crippen molar-refractivity contribution in [1.29, 1.82) is 0 Å². The highest BCUT2D eigenvalue weighted by molar-refractivity contribution is 6.06. The molecule has 0 saturated heterocycles. The van der Waals surface area contributed by atoms with Gasteiger partial charge in [0.2, 0.25) is 6.79 Å². The molecule has 4 aromatic rings. The van der Waals surface area contributed by atoms with Crippen LogP contribution in [-0.4, -0.2) is 18.0 Å². The summed E-state index contributed by atoms with van der Waals surface area (Å²) in [6.07, 6.45) is 1.77. The molecular weight excluding hydrogens is 328 g/mol. The highest BCUT2D eigenvalue weighted by Crippen LogP contribution is 2.32. The van der Waals surface area contributed by atoms with E-state index in [9.17, 15) is 4.79 Å². The molecule has 0 fully saturated rings. The predicted molar refractivity (Wildman–Crippen MR) is 102 cm³/mol. The third-order valence-corrected chi connectivity index (χ3v) is 4.47. The molecule has 0 aliphatic carbocycles. The van der Waals surface area contributed by atoms with Crippen LogP contribution in [0.5, 0.6) is 11.5 Å². The minimum Gasteiger partial charge on any atom is -0.454 e. The maximum atomic E-state index is 12.3. The van der Waals surface area contributed by atoms with Gasteiger partial charge in [-0.3, -0.25) is 9.79 Å². The van der Waals surface area contributed by atoms with Gasteiger partial charge in [-0.05, 0) is 47.3 Å². The third kappa shape index (κ3) is 2.41. The van der Waals surface area contributed by atoms with Gasteiger partial charge in [0, 0.05) is 17.0 Å². The Morgan fingerprint density at radius 2 is 1.73 bits per heavy atom. The summed E-state index contributed by atoms with van der Waals surface area (Å²) in [5.41, 5.74) is 2.36. The molecule has 5 heteroatoms. The maximum Gasteiger partial charge on any atom is 0.256 e. The van der Waals surface area contributed by atoms with Crippen molar-refractivity contribution in [3.8, 4) is 11.5 Å². The standard InChI is InChI=1S/C21H14N2O3/c24-21-17-4-2-1-3-15(17)16-7-6-14(10-18(16)23-21)22-11-13-5-8-19-20(9-13)26-12-25-19/h1-11H,12H2,(H,23,24). The number of fused-ring (bicyclic) bond motifs is 4. The summed E-state index contributed by atoms with van der Waals surface area (Å²) in [7, 11) is 0. The molecule has 0 atom stereocenters. The first kappa shape index (κ1) is 14.7. The monoisotopic (exact) mass is 342 g/mol. The van der Waals surface area contributed by atoms with Crippen LogP contribution < -0.4 is 15.0 Å². The van der Waals surface area contributed by atoms with Crippen LogP contribution >= 0.6 is 0 Å². The van der Waals surface area contributed by atoms with E-state index in [-0.39, 0.29) is 12.4 Å². The topological polar surface area (TPSA) is 63.7 Å². The van der Waals surface area contributed by atoms with Crippen LogP contribution in [0.2, 0.25) is 0 Å². The average Bonchev–Trinajstić information content (AvgIpc) is 3.14. The Bertz CT molecular complexity index is 1240. The number of aliphatic imine (C=N–C) groups is 1. The lowest BCUT2D eigenvalue weighted by Crippen LogP contribution is -2.05. The van der Waals surface area contributed by atoms with Crippen molar-refractivity contribution in [2.75, 3.05) is 6.79 Å². The Balaban J connectivity index is 1.55. The number of hydrogen-bond donors (Lipinski definition) is 1. The zero-order valence-corrected chi connectivity index (χ0v) is 13.7. The van der Waals surface area contributed by atoms with E-state index in [1.165, 1.54) is 0 Å². The number of aromatic nitrogens is 1. The lowest BCUT2D eigenvalue weighted by molar-refractivity contribution is 0.174. The molecule has 1 N–H and O–H groups in total. The van der Waals surface area contributed by atoms with Crippen LogP contribution in [0.1, 0.15) is 5.56 Å². The Hall–Kier alpha value is -3.60. The number of H-pyrrole nitrogens is 1. The fourth-order valence-electron chi connectivity index (χ4n) is 3.20. The zero-order valence-electron chi connectivity index (χ0n) is 13.7. The smallest absolute Gasteiger partial charge is 0.256 e. The van der Waals surface area contributed by atoms with E-state index >= 15 is 0 Å². The van der Waals surface area contributed by atoms with E-state index in [1.54, 1.807) is 6.21 Å². The van der Waals surface area contributed by atoms with Gasteiger partial charge in [0.05, 0.1) is 11.2 Å². The quantitative estimate of drug-likeness (QED) is 0.439. The van der Waals surface area contributed by atoms with Crippen LogP contribution in [0.15, 0.2) is 70.5 Å². The number of benzene rings is 3. The molecule has 2 heterocycles. The van der Waals surface area contributed by atoms with Crippen LogP contribution in [-0.2, 0) is 0 Å². The van der Waals surface area contributed by atoms with Gasteiger partial charge < -0.3 is 14.5 Å². The summed E-state index contributed by atoms with van der Waals surface area (Å²) in [4.78, 5) is 19.7. The van der Waals surface area contributed by atoms with Crippen molar-refractivity contribution in [2.45, 2.75) is 0 Å². The van der Waals surface area contributed by atoms with E-state index in [0.717, 1.165) is 39.0 Å². The van der Waals surface area contributed by atoms with Gasteiger partial charge >= 0.3 is 0 Å². The highest BCUT2D eigenvalue weighted by atomic mass is 16.7. The number of rotatable bonds is 2. The number of nitrogens with one attached hydrogen (secondary N) is 1. The first-order chi connectivity index (χ1) is 12.8. The van der Waals surface area contributed by atoms with Crippen LogP contribution in [0.4, 0.5) is 5.69 Å². The van der Waals surface area contributed by atoms with E-state index in [4.69, 9.17) is 9.47 Å². The second-order valence-electron chi connectivity index (χ2n) is 6.10. The van der Waals surface area contributed by atoms with E-state index in [0.29, 0.717) is 5.39 Å². The molecule has 0 bridgehead atoms. The number of nitrogens with zero attached hydrogens (tertiary/aromatic N) is 1. The molecule has 1 aliphatic rings. The summed E-state index contributed by atoms with van der Waals surface area (Å²) in [5.74, 6) is 1.47. The minimum atomic E-state index is -0.0926. The summed E-state index contributed by atoms with van der Waals surface area (Å²) < 4.78 is 10.7.